The first-order valence-corrected chi connectivity index (χ1v) is 11.6. The van der Waals surface area contributed by atoms with Crippen LogP contribution >= 0.6 is 0 Å². The summed E-state index contributed by atoms with van der Waals surface area (Å²) in [5, 5.41) is 7.89. The highest BCUT2D eigenvalue weighted by molar-refractivity contribution is 5.89. The Morgan fingerprint density at radius 3 is 2.09 bits per heavy atom. The van der Waals surface area contributed by atoms with Gasteiger partial charge in [0.15, 0.2) is 0 Å². The van der Waals surface area contributed by atoms with Crippen LogP contribution in [-0.4, -0.2) is 34.6 Å². The van der Waals surface area contributed by atoms with Gasteiger partial charge < -0.3 is 25.3 Å². The number of para-hydroxylation sites is 3. The summed E-state index contributed by atoms with van der Waals surface area (Å²) in [7, 11) is 0. The topological polar surface area (TPSA) is 99.0 Å². The maximum absolute atomic E-state index is 13.2. The lowest BCUT2D eigenvalue weighted by molar-refractivity contribution is -0.122. The van der Waals surface area contributed by atoms with Crippen LogP contribution in [0.2, 0.25) is 0 Å². The predicted molar refractivity (Wildman–Crippen MR) is 136 cm³/mol. The van der Waals surface area contributed by atoms with Crippen LogP contribution < -0.4 is 15.4 Å². The number of amides is 2. The molecule has 0 aliphatic heterocycles. The lowest BCUT2D eigenvalue weighted by atomic mass is 10.0. The van der Waals surface area contributed by atoms with Crippen molar-refractivity contribution in [1.29, 1.82) is 0 Å². The monoisotopic (exact) mass is 466 g/mol. The smallest absolute Gasteiger partial charge is 0.410 e. The molecule has 0 aliphatic carbocycles. The fourth-order valence-electron chi connectivity index (χ4n) is 4.28. The normalized spacial score (nSPS) is 11.9. The Morgan fingerprint density at radius 2 is 1.37 bits per heavy atom. The number of carbonyl (C=O) groups excluding carboxylic acids is 2. The molecule has 3 aromatic carbocycles. The van der Waals surface area contributed by atoms with Crippen LogP contribution in [0.3, 0.4) is 0 Å². The molecule has 5 aromatic rings. The summed E-state index contributed by atoms with van der Waals surface area (Å²) in [5.74, 6) is 0.149. The molecular formula is C28H26N4O3. The summed E-state index contributed by atoms with van der Waals surface area (Å²) < 4.78 is 5.37. The number of nitrogens with one attached hydrogen (secondary N) is 4. The van der Waals surface area contributed by atoms with Crippen molar-refractivity contribution in [2.75, 3.05) is 6.54 Å². The number of aromatic nitrogens is 2. The minimum Gasteiger partial charge on any atom is -0.410 e. The average Bonchev–Trinajstić information content (AvgIpc) is 3.48. The van der Waals surface area contributed by atoms with Gasteiger partial charge in [-0.05, 0) is 41.8 Å². The van der Waals surface area contributed by atoms with Gasteiger partial charge in [-0.15, -0.1) is 0 Å². The van der Waals surface area contributed by atoms with Crippen LogP contribution in [0.4, 0.5) is 4.79 Å². The number of carbonyl (C=O) groups is 2. The van der Waals surface area contributed by atoms with E-state index in [1.54, 1.807) is 24.3 Å². The maximum atomic E-state index is 13.2. The molecule has 2 aromatic heterocycles. The fraction of sp³-hybridized carbons (Fsp3) is 0.143. The van der Waals surface area contributed by atoms with E-state index in [2.05, 4.69) is 26.7 Å². The molecule has 35 heavy (non-hydrogen) atoms. The average molecular weight is 467 g/mol. The van der Waals surface area contributed by atoms with Gasteiger partial charge in [-0.1, -0.05) is 54.6 Å². The first-order chi connectivity index (χ1) is 17.2. The molecule has 176 valence electrons. The van der Waals surface area contributed by atoms with E-state index in [1.165, 1.54) is 0 Å². The van der Waals surface area contributed by atoms with E-state index in [0.29, 0.717) is 25.1 Å². The van der Waals surface area contributed by atoms with Crippen LogP contribution in [0.15, 0.2) is 91.3 Å². The molecule has 0 radical (unpaired) electrons. The molecule has 2 heterocycles. The van der Waals surface area contributed by atoms with Gasteiger partial charge in [0.1, 0.15) is 11.8 Å². The number of aromatic amines is 2. The van der Waals surface area contributed by atoms with E-state index in [4.69, 9.17) is 4.74 Å². The summed E-state index contributed by atoms with van der Waals surface area (Å²) in [6.07, 6.45) is 4.17. The highest BCUT2D eigenvalue weighted by Crippen LogP contribution is 2.20. The molecule has 7 nitrogen and oxygen atoms in total. The Labute approximate surface area is 202 Å². The van der Waals surface area contributed by atoms with E-state index in [1.807, 2.05) is 60.9 Å². The van der Waals surface area contributed by atoms with Gasteiger partial charge in [0.25, 0.3) is 0 Å². The quantitative estimate of drug-likeness (QED) is 0.267. The van der Waals surface area contributed by atoms with Gasteiger partial charge in [0.05, 0.1) is 0 Å². The standard InChI is InChI=1S/C28H26N4O3/c33-27(29-15-14-19-17-30-24-12-6-4-10-22(19)24)26(32-28(34)35-21-8-2-1-3-9-21)16-20-18-31-25-13-7-5-11-23(20)25/h1-13,17-18,26,30-31H,14-16H2,(H,29,33)(H,32,34)/t26-/m1/s1. The molecule has 0 fully saturated rings. The van der Waals surface area contributed by atoms with Gasteiger partial charge in [-0.2, -0.15) is 0 Å². The van der Waals surface area contributed by atoms with Crippen molar-refractivity contribution in [2.24, 2.45) is 0 Å². The third-order valence-electron chi connectivity index (χ3n) is 6.03. The van der Waals surface area contributed by atoms with Crippen LogP contribution in [0.25, 0.3) is 21.8 Å². The number of benzene rings is 3. The number of hydrogen-bond acceptors (Lipinski definition) is 3. The Bertz CT molecular complexity index is 1450. The molecule has 5 rings (SSSR count). The number of rotatable bonds is 8. The highest BCUT2D eigenvalue weighted by Gasteiger charge is 2.23. The zero-order valence-electron chi connectivity index (χ0n) is 19.1. The number of H-pyrrole nitrogens is 2. The fourth-order valence-corrected chi connectivity index (χ4v) is 4.28. The van der Waals surface area contributed by atoms with Crippen molar-refractivity contribution in [1.82, 2.24) is 20.6 Å². The molecule has 1 atom stereocenters. The van der Waals surface area contributed by atoms with Gasteiger partial charge >= 0.3 is 6.09 Å². The summed E-state index contributed by atoms with van der Waals surface area (Å²) in [6, 6.07) is 23.9. The summed E-state index contributed by atoms with van der Waals surface area (Å²) in [6.45, 7) is 0.445. The Balaban J connectivity index is 1.28. The van der Waals surface area contributed by atoms with Gasteiger partial charge in [-0.3, -0.25) is 4.79 Å². The maximum Gasteiger partial charge on any atom is 0.413 e. The van der Waals surface area contributed by atoms with Crippen molar-refractivity contribution < 1.29 is 14.3 Å². The lowest BCUT2D eigenvalue weighted by Crippen LogP contribution is -2.49. The van der Waals surface area contributed by atoms with Crippen LogP contribution in [-0.2, 0) is 17.6 Å². The minimum atomic E-state index is -0.798. The highest BCUT2D eigenvalue weighted by atomic mass is 16.6. The second-order valence-corrected chi connectivity index (χ2v) is 8.36. The molecule has 2 amide bonds. The van der Waals surface area contributed by atoms with Gasteiger partial charge in [-0.25, -0.2) is 4.79 Å². The van der Waals surface area contributed by atoms with E-state index >= 15 is 0 Å². The van der Waals surface area contributed by atoms with Crippen LogP contribution in [0, 0.1) is 0 Å². The van der Waals surface area contributed by atoms with Crippen molar-refractivity contribution in [2.45, 2.75) is 18.9 Å². The zero-order valence-corrected chi connectivity index (χ0v) is 19.1. The predicted octanol–water partition coefficient (Wildman–Crippen LogP) is 4.71. The number of fused-ring (bicyclic) bond motifs is 2. The molecule has 0 spiro atoms. The van der Waals surface area contributed by atoms with E-state index in [-0.39, 0.29) is 5.91 Å². The second kappa shape index (κ2) is 10.2. The lowest BCUT2D eigenvalue weighted by Gasteiger charge is -2.18. The van der Waals surface area contributed by atoms with Crippen molar-refractivity contribution >= 4 is 33.8 Å². The summed E-state index contributed by atoms with van der Waals surface area (Å²) >= 11 is 0. The third-order valence-corrected chi connectivity index (χ3v) is 6.03. The largest absolute Gasteiger partial charge is 0.413 e. The minimum absolute atomic E-state index is 0.264. The van der Waals surface area contributed by atoms with Crippen molar-refractivity contribution in [3.63, 3.8) is 0 Å². The van der Waals surface area contributed by atoms with Gasteiger partial charge in [0.2, 0.25) is 5.91 Å². The first-order valence-electron chi connectivity index (χ1n) is 11.6. The van der Waals surface area contributed by atoms with Crippen molar-refractivity contribution in [3.8, 4) is 5.75 Å². The van der Waals surface area contributed by atoms with E-state index < -0.39 is 12.1 Å². The molecule has 7 heteroatoms. The van der Waals surface area contributed by atoms with Crippen molar-refractivity contribution in [3.05, 3.63) is 102 Å². The second-order valence-electron chi connectivity index (χ2n) is 8.36. The molecular weight excluding hydrogens is 440 g/mol. The Morgan fingerprint density at radius 1 is 0.771 bits per heavy atom. The Kier molecular flexibility index (Phi) is 6.48. The van der Waals surface area contributed by atoms with Gasteiger partial charge in [0, 0.05) is 47.2 Å². The number of ether oxygens (including phenoxy) is 1. The third kappa shape index (κ3) is 5.19. The molecule has 0 saturated carbocycles. The molecule has 0 unspecified atom stereocenters. The number of hydrogen-bond donors (Lipinski definition) is 4. The zero-order chi connectivity index (χ0) is 24.0. The first kappa shape index (κ1) is 22.3. The Hall–Kier alpha value is -4.52. The van der Waals surface area contributed by atoms with Crippen LogP contribution in [0.5, 0.6) is 5.75 Å². The SMILES string of the molecule is O=C(N[C@H](Cc1c[nH]c2ccccc12)C(=O)NCCc1c[nH]c2ccccc12)Oc1ccccc1. The summed E-state index contributed by atoms with van der Waals surface area (Å²) in [4.78, 5) is 32.3. The molecule has 0 bridgehead atoms. The van der Waals surface area contributed by atoms with Crippen LogP contribution in [0.1, 0.15) is 11.1 Å². The summed E-state index contributed by atoms with van der Waals surface area (Å²) in [5.41, 5.74) is 4.12. The molecule has 4 N–H and O–H groups in total. The van der Waals surface area contributed by atoms with E-state index in [9.17, 15) is 9.59 Å². The van der Waals surface area contributed by atoms with E-state index in [0.717, 1.165) is 32.9 Å². The molecule has 0 saturated heterocycles. The molecule has 0 aliphatic rings.